The van der Waals surface area contributed by atoms with Crippen LogP contribution in [0.5, 0.6) is 0 Å². The van der Waals surface area contributed by atoms with Gasteiger partial charge in [0.05, 0.1) is 6.04 Å². The highest BCUT2D eigenvalue weighted by molar-refractivity contribution is 5.84. The summed E-state index contributed by atoms with van der Waals surface area (Å²) in [7, 11) is 3.92. The Morgan fingerprint density at radius 1 is 1.06 bits per heavy atom. The summed E-state index contributed by atoms with van der Waals surface area (Å²) in [5.41, 5.74) is 6.18. The molecule has 1 aromatic carbocycles. The number of aryl methyl sites for hydroxylation is 2. The summed E-state index contributed by atoms with van der Waals surface area (Å²) < 4.78 is 0. The Labute approximate surface area is 105 Å². The fraction of sp³-hybridized carbons (Fsp3) is 0.533. The molecule has 0 radical (unpaired) electrons. The first kappa shape index (κ1) is 13.9. The lowest BCUT2D eigenvalue weighted by Gasteiger charge is -2.27. The summed E-state index contributed by atoms with van der Waals surface area (Å²) in [6, 6.07) is 2.06. The molecule has 0 saturated heterocycles. The zero-order valence-corrected chi connectivity index (χ0v) is 12.0. The van der Waals surface area contributed by atoms with E-state index in [1.165, 1.54) is 27.8 Å². The van der Waals surface area contributed by atoms with Gasteiger partial charge in [-0.25, -0.2) is 0 Å². The Balaban J connectivity index is 3.52. The number of likely N-dealkylation sites (N-methyl/N-ethyl adjacent to an activating group) is 1. The van der Waals surface area contributed by atoms with Crippen LogP contribution in [0.4, 0.5) is 0 Å². The number of carbonyl (C=O) groups is 1. The van der Waals surface area contributed by atoms with E-state index in [-0.39, 0.29) is 11.8 Å². The second-order valence-electron chi connectivity index (χ2n) is 5.15. The van der Waals surface area contributed by atoms with E-state index in [0.717, 1.165) is 0 Å². The quantitative estimate of drug-likeness (QED) is 0.799. The van der Waals surface area contributed by atoms with Gasteiger partial charge >= 0.3 is 0 Å². The monoisotopic (exact) mass is 233 g/mol. The average molecular weight is 233 g/mol. The third kappa shape index (κ3) is 2.58. The number of nitrogens with zero attached hydrogens (tertiary/aromatic N) is 1. The highest BCUT2D eigenvalue weighted by Crippen LogP contribution is 2.30. The summed E-state index contributed by atoms with van der Waals surface area (Å²) >= 11 is 0. The molecule has 0 aromatic heterocycles. The predicted molar refractivity (Wildman–Crippen MR) is 72.5 cm³/mol. The van der Waals surface area contributed by atoms with Gasteiger partial charge in [-0.15, -0.1) is 0 Å². The van der Waals surface area contributed by atoms with E-state index >= 15 is 0 Å². The van der Waals surface area contributed by atoms with Gasteiger partial charge in [0, 0.05) is 0 Å². The number of benzene rings is 1. The van der Waals surface area contributed by atoms with Gasteiger partial charge in [-0.3, -0.25) is 9.69 Å². The van der Waals surface area contributed by atoms with Crippen molar-refractivity contribution in [3.8, 4) is 0 Å². The Kier molecular flexibility index (Phi) is 4.10. The van der Waals surface area contributed by atoms with Gasteiger partial charge in [0.2, 0.25) is 0 Å². The molecule has 1 atom stereocenters. The molecule has 17 heavy (non-hydrogen) atoms. The van der Waals surface area contributed by atoms with Crippen molar-refractivity contribution in [1.82, 2.24) is 4.90 Å². The van der Waals surface area contributed by atoms with Crippen molar-refractivity contribution in [2.75, 3.05) is 14.1 Å². The lowest BCUT2D eigenvalue weighted by Crippen LogP contribution is -2.28. The van der Waals surface area contributed by atoms with Crippen molar-refractivity contribution in [3.63, 3.8) is 0 Å². The molecule has 0 saturated carbocycles. The minimum Gasteiger partial charge on any atom is -0.298 e. The molecule has 0 N–H and O–H groups in total. The van der Waals surface area contributed by atoms with Gasteiger partial charge in [-0.05, 0) is 76.5 Å². The molecule has 0 bridgehead atoms. The highest BCUT2D eigenvalue weighted by atomic mass is 16.1. The van der Waals surface area contributed by atoms with Crippen LogP contribution in [0, 0.1) is 27.7 Å². The SMILES string of the molecule is CC(=O)C(c1c(C)c(C)cc(C)c1C)N(C)C. The highest BCUT2D eigenvalue weighted by Gasteiger charge is 2.24. The number of hydrogen-bond donors (Lipinski definition) is 0. The molecule has 1 unspecified atom stereocenters. The molecule has 94 valence electrons. The fourth-order valence-electron chi connectivity index (χ4n) is 2.48. The van der Waals surface area contributed by atoms with Crippen LogP contribution in [0.1, 0.15) is 40.8 Å². The lowest BCUT2D eigenvalue weighted by atomic mass is 9.88. The van der Waals surface area contributed by atoms with E-state index in [1.807, 2.05) is 19.0 Å². The van der Waals surface area contributed by atoms with E-state index in [2.05, 4.69) is 33.8 Å². The zero-order chi connectivity index (χ0) is 13.3. The van der Waals surface area contributed by atoms with E-state index in [9.17, 15) is 4.79 Å². The molecule has 0 amide bonds. The van der Waals surface area contributed by atoms with Crippen molar-refractivity contribution < 1.29 is 4.79 Å². The number of carbonyl (C=O) groups excluding carboxylic acids is 1. The van der Waals surface area contributed by atoms with Crippen molar-refractivity contribution in [1.29, 1.82) is 0 Å². The van der Waals surface area contributed by atoms with Crippen molar-refractivity contribution in [2.45, 2.75) is 40.7 Å². The standard InChI is InChI=1S/C15H23NO/c1-9-8-10(2)12(4)14(11(9)3)15(13(5)17)16(6)7/h8,15H,1-7H3. The van der Waals surface area contributed by atoms with Gasteiger partial charge < -0.3 is 0 Å². The summed E-state index contributed by atoms with van der Waals surface area (Å²) in [5, 5.41) is 0. The molecular formula is C15H23NO. The zero-order valence-electron chi connectivity index (χ0n) is 12.0. The maximum Gasteiger partial charge on any atom is 0.151 e. The van der Waals surface area contributed by atoms with Crippen molar-refractivity contribution in [2.24, 2.45) is 0 Å². The van der Waals surface area contributed by atoms with Crippen LogP contribution in [0.25, 0.3) is 0 Å². The van der Waals surface area contributed by atoms with E-state index < -0.39 is 0 Å². The summed E-state index contributed by atoms with van der Waals surface area (Å²) in [5.74, 6) is 0.200. The molecule has 0 spiro atoms. The van der Waals surface area contributed by atoms with Crippen LogP contribution in [-0.2, 0) is 4.79 Å². The Morgan fingerprint density at radius 2 is 1.47 bits per heavy atom. The number of ketones is 1. The predicted octanol–water partition coefficient (Wildman–Crippen LogP) is 3.11. The van der Waals surface area contributed by atoms with Crippen molar-refractivity contribution >= 4 is 5.78 Å². The van der Waals surface area contributed by atoms with Gasteiger partial charge in [0.15, 0.2) is 5.78 Å². The molecule has 1 aromatic rings. The van der Waals surface area contributed by atoms with Crippen LogP contribution in [-0.4, -0.2) is 24.8 Å². The summed E-state index contributed by atoms with van der Waals surface area (Å²) in [6.07, 6.45) is 0. The third-order valence-electron chi connectivity index (χ3n) is 3.60. The minimum absolute atomic E-state index is 0.131. The van der Waals surface area contributed by atoms with Crippen LogP contribution >= 0.6 is 0 Å². The number of Topliss-reactive ketones (excluding diaryl/α,β-unsaturated/α-hetero) is 1. The largest absolute Gasteiger partial charge is 0.298 e. The second kappa shape index (κ2) is 5.01. The minimum atomic E-state index is -0.131. The molecule has 0 aliphatic carbocycles. The van der Waals surface area contributed by atoms with Crippen molar-refractivity contribution in [3.05, 3.63) is 33.9 Å². The fourth-order valence-corrected chi connectivity index (χ4v) is 2.48. The number of hydrogen-bond acceptors (Lipinski definition) is 2. The van der Waals surface area contributed by atoms with Crippen LogP contribution in [0.15, 0.2) is 6.07 Å². The molecule has 2 nitrogen and oxygen atoms in total. The molecule has 0 heterocycles. The molecule has 0 aliphatic heterocycles. The summed E-state index contributed by atoms with van der Waals surface area (Å²) in [4.78, 5) is 13.9. The Hall–Kier alpha value is -1.15. The second-order valence-corrected chi connectivity index (χ2v) is 5.15. The summed E-state index contributed by atoms with van der Waals surface area (Å²) in [6.45, 7) is 10.1. The maximum absolute atomic E-state index is 11.9. The van der Waals surface area contributed by atoms with Crippen LogP contribution in [0.3, 0.4) is 0 Å². The molecule has 2 heteroatoms. The third-order valence-corrected chi connectivity index (χ3v) is 3.60. The normalized spacial score (nSPS) is 12.9. The molecular weight excluding hydrogens is 210 g/mol. The van der Waals surface area contributed by atoms with Gasteiger partial charge in [0.25, 0.3) is 0 Å². The molecule has 1 rings (SSSR count). The molecule has 0 aliphatic rings. The first-order valence-electron chi connectivity index (χ1n) is 6.01. The maximum atomic E-state index is 11.9. The van der Waals surface area contributed by atoms with Gasteiger partial charge in [-0.2, -0.15) is 0 Å². The smallest absolute Gasteiger partial charge is 0.151 e. The lowest BCUT2D eigenvalue weighted by molar-refractivity contribution is -0.121. The average Bonchev–Trinajstić information content (AvgIpc) is 2.20. The van der Waals surface area contributed by atoms with Crippen LogP contribution in [0.2, 0.25) is 0 Å². The number of rotatable bonds is 3. The Morgan fingerprint density at radius 3 is 1.76 bits per heavy atom. The molecule has 0 fully saturated rings. The van der Waals surface area contributed by atoms with Crippen LogP contribution < -0.4 is 0 Å². The first-order valence-corrected chi connectivity index (χ1v) is 6.01. The van der Waals surface area contributed by atoms with E-state index in [0.29, 0.717) is 0 Å². The Bertz CT molecular complexity index is 420. The first-order chi connectivity index (χ1) is 7.77. The van der Waals surface area contributed by atoms with E-state index in [1.54, 1.807) is 6.92 Å². The van der Waals surface area contributed by atoms with Gasteiger partial charge in [0.1, 0.15) is 0 Å². The van der Waals surface area contributed by atoms with Gasteiger partial charge in [-0.1, -0.05) is 6.07 Å². The topological polar surface area (TPSA) is 20.3 Å². The van der Waals surface area contributed by atoms with E-state index in [4.69, 9.17) is 0 Å².